The number of hydrogen-bond acceptors (Lipinski definition) is 4. The molecule has 3 aromatic rings. The van der Waals surface area contributed by atoms with Crippen molar-refractivity contribution in [3.8, 4) is 0 Å². The molecule has 170 valence electrons. The lowest BCUT2D eigenvalue weighted by molar-refractivity contribution is -0.142. The monoisotopic (exact) mass is 487 g/mol. The summed E-state index contributed by atoms with van der Waals surface area (Å²) >= 11 is 12.4. The van der Waals surface area contributed by atoms with Crippen LogP contribution in [0.2, 0.25) is 10.0 Å². The highest BCUT2D eigenvalue weighted by atomic mass is 35.5. The van der Waals surface area contributed by atoms with Gasteiger partial charge in [0.2, 0.25) is 0 Å². The first-order chi connectivity index (χ1) is 15.9. The predicted molar refractivity (Wildman–Crippen MR) is 124 cm³/mol. The molecule has 3 aromatic carbocycles. The zero-order valence-corrected chi connectivity index (χ0v) is 19.0. The Kier molecular flexibility index (Phi) is 6.98. The Morgan fingerprint density at radius 1 is 1.03 bits per heavy atom. The van der Waals surface area contributed by atoms with Gasteiger partial charge in [-0.05, 0) is 54.1 Å². The van der Waals surface area contributed by atoms with Gasteiger partial charge >= 0.3 is 5.97 Å². The first-order valence-electron chi connectivity index (χ1n) is 10.3. The van der Waals surface area contributed by atoms with Gasteiger partial charge in [-0.2, -0.15) is 0 Å². The molecule has 0 aromatic heterocycles. The van der Waals surface area contributed by atoms with Crippen LogP contribution in [0.15, 0.2) is 72.8 Å². The highest BCUT2D eigenvalue weighted by Gasteiger charge is 2.42. The van der Waals surface area contributed by atoms with E-state index in [9.17, 15) is 14.0 Å². The van der Waals surface area contributed by atoms with E-state index >= 15 is 0 Å². The maximum atomic E-state index is 13.4. The smallest absolute Gasteiger partial charge is 0.338 e. The number of benzene rings is 3. The van der Waals surface area contributed by atoms with E-state index in [-0.39, 0.29) is 32.1 Å². The molecule has 0 N–H and O–H groups in total. The SMILES string of the molecule is O=C(OCCC1(c2ccc(Cl)c(Cl)c2)CN(c2ccc(F)cc2)C(=O)CO1)c1ccccc1. The molecule has 1 heterocycles. The third-order valence-corrected chi connectivity index (χ3v) is 6.26. The molecule has 33 heavy (non-hydrogen) atoms. The van der Waals surface area contributed by atoms with Crippen molar-refractivity contribution in [2.75, 3.05) is 24.7 Å². The number of ether oxygens (including phenoxy) is 2. The van der Waals surface area contributed by atoms with Gasteiger partial charge in [-0.15, -0.1) is 0 Å². The summed E-state index contributed by atoms with van der Waals surface area (Å²) < 4.78 is 25.0. The summed E-state index contributed by atoms with van der Waals surface area (Å²) in [5.41, 5.74) is 0.643. The predicted octanol–water partition coefficient (Wildman–Crippen LogP) is 5.64. The average molecular weight is 488 g/mol. The van der Waals surface area contributed by atoms with Crippen molar-refractivity contribution in [3.05, 3.63) is 99.8 Å². The molecule has 1 atom stereocenters. The number of hydrogen-bond donors (Lipinski definition) is 0. The standard InChI is InChI=1S/C25H20Cl2FNO4/c26-21-11-6-18(14-22(21)27)25(12-13-32-24(31)17-4-2-1-3-5-17)16-29(23(30)15-33-25)20-9-7-19(28)8-10-20/h1-11,14H,12-13,15-16H2. The van der Waals surface area contributed by atoms with Crippen LogP contribution in [0.3, 0.4) is 0 Å². The Morgan fingerprint density at radius 3 is 2.45 bits per heavy atom. The summed E-state index contributed by atoms with van der Waals surface area (Å²) in [4.78, 5) is 26.6. The number of rotatable bonds is 6. The van der Waals surface area contributed by atoms with E-state index in [1.807, 2.05) is 6.07 Å². The molecule has 1 aliphatic heterocycles. The van der Waals surface area contributed by atoms with Crippen molar-refractivity contribution in [2.45, 2.75) is 12.0 Å². The molecular formula is C25H20Cl2FNO4. The Morgan fingerprint density at radius 2 is 1.76 bits per heavy atom. The number of carbonyl (C=O) groups is 2. The quantitative estimate of drug-likeness (QED) is 0.422. The third-order valence-electron chi connectivity index (χ3n) is 5.52. The number of morpholine rings is 1. The van der Waals surface area contributed by atoms with Gasteiger partial charge in [-0.25, -0.2) is 9.18 Å². The Balaban J connectivity index is 1.61. The Hall–Kier alpha value is -2.93. The fourth-order valence-corrected chi connectivity index (χ4v) is 4.04. The zero-order chi connectivity index (χ0) is 23.4. The van der Waals surface area contributed by atoms with Crippen molar-refractivity contribution in [1.82, 2.24) is 0 Å². The van der Waals surface area contributed by atoms with E-state index in [0.29, 0.717) is 26.9 Å². The number of anilines is 1. The minimum Gasteiger partial charge on any atom is -0.462 e. The minimum atomic E-state index is -1.02. The van der Waals surface area contributed by atoms with Crippen LogP contribution in [-0.4, -0.2) is 31.6 Å². The lowest BCUT2D eigenvalue weighted by atomic mass is 9.88. The van der Waals surface area contributed by atoms with E-state index < -0.39 is 17.4 Å². The molecule has 8 heteroatoms. The largest absolute Gasteiger partial charge is 0.462 e. The normalized spacial score (nSPS) is 18.3. The molecule has 4 rings (SSSR count). The van der Waals surface area contributed by atoms with Crippen molar-refractivity contribution >= 4 is 40.8 Å². The van der Waals surface area contributed by atoms with Crippen molar-refractivity contribution in [2.24, 2.45) is 0 Å². The van der Waals surface area contributed by atoms with Crippen LogP contribution in [0.25, 0.3) is 0 Å². The number of amides is 1. The highest BCUT2D eigenvalue weighted by Crippen LogP contribution is 2.38. The van der Waals surface area contributed by atoms with E-state index in [0.717, 1.165) is 0 Å². The van der Waals surface area contributed by atoms with E-state index in [1.165, 1.54) is 29.2 Å². The summed E-state index contributed by atoms with van der Waals surface area (Å²) in [6.45, 7) is -0.0397. The molecule has 0 aliphatic carbocycles. The molecule has 1 unspecified atom stereocenters. The first-order valence-corrected chi connectivity index (χ1v) is 11.0. The molecule has 0 spiro atoms. The molecule has 1 saturated heterocycles. The van der Waals surface area contributed by atoms with E-state index in [1.54, 1.807) is 42.5 Å². The van der Waals surface area contributed by atoms with Crippen LogP contribution in [0.5, 0.6) is 0 Å². The molecular weight excluding hydrogens is 468 g/mol. The maximum Gasteiger partial charge on any atom is 0.338 e. The summed E-state index contributed by atoms with van der Waals surface area (Å²) in [6, 6.07) is 19.4. The van der Waals surface area contributed by atoms with Crippen molar-refractivity contribution < 1.29 is 23.5 Å². The van der Waals surface area contributed by atoms with Crippen LogP contribution in [0.4, 0.5) is 10.1 Å². The molecule has 5 nitrogen and oxygen atoms in total. The van der Waals surface area contributed by atoms with Gasteiger partial charge in [-0.3, -0.25) is 4.79 Å². The molecule has 0 saturated carbocycles. The molecule has 1 amide bonds. The number of halogens is 3. The fourth-order valence-electron chi connectivity index (χ4n) is 3.74. The number of carbonyl (C=O) groups excluding carboxylic acids is 2. The van der Waals surface area contributed by atoms with Crippen LogP contribution in [0, 0.1) is 5.82 Å². The second kappa shape index (κ2) is 9.91. The average Bonchev–Trinajstić information content (AvgIpc) is 2.83. The van der Waals surface area contributed by atoms with Crippen LogP contribution in [0.1, 0.15) is 22.3 Å². The van der Waals surface area contributed by atoms with Gasteiger partial charge in [-0.1, -0.05) is 47.5 Å². The topological polar surface area (TPSA) is 55.8 Å². The van der Waals surface area contributed by atoms with Gasteiger partial charge < -0.3 is 14.4 Å². The van der Waals surface area contributed by atoms with Gasteiger partial charge in [0.15, 0.2) is 0 Å². The summed E-state index contributed by atoms with van der Waals surface area (Å²) in [6.07, 6.45) is 0.258. The van der Waals surface area contributed by atoms with E-state index in [2.05, 4.69) is 0 Å². The molecule has 1 fully saturated rings. The summed E-state index contributed by atoms with van der Waals surface area (Å²) in [5, 5.41) is 0.719. The second-order valence-corrected chi connectivity index (χ2v) is 8.43. The summed E-state index contributed by atoms with van der Waals surface area (Å²) in [7, 11) is 0. The van der Waals surface area contributed by atoms with Gasteiger partial charge in [0.05, 0.1) is 28.8 Å². The first kappa shape index (κ1) is 23.2. The second-order valence-electron chi connectivity index (χ2n) is 7.62. The zero-order valence-electron chi connectivity index (χ0n) is 17.5. The Labute approximate surface area is 200 Å². The summed E-state index contributed by atoms with van der Waals surface area (Å²) in [5.74, 6) is -1.12. The van der Waals surface area contributed by atoms with Gasteiger partial charge in [0.1, 0.15) is 18.0 Å². The van der Waals surface area contributed by atoms with Crippen LogP contribution in [-0.2, 0) is 19.9 Å². The molecule has 1 aliphatic rings. The lowest BCUT2D eigenvalue weighted by Gasteiger charge is -2.43. The molecule has 0 radical (unpaired) electrons. The number of nitrogens with zero attached hydrogens (tertiary/aromatic N) is 1. The van der Waals surface area contributed by atoms with Gasteiger partial charge in [0, 0.05) is 12.1 Å². The third kappa shape index (κ3) is 5.19. The van der Waals surface area contributed by atoms with Crippen LogP contribution >= 0.6 is 23.2 Å². The van der Waals surface area contributed by atoms with E-state index in [4.69, 9.17) is 32.7 Å². The van der Waals surface area contributed by atoms with Crippen molar-refractivity contribution in [1.29, 1.82) is 0 Å². The maximum absolute atomic E-state index is 13.4. The minimum absolute atomic E-state index is 0.0411. The number of esters is 1. The Bertz CT molecular complexity index is 1160. The fraction of sp³-hybridized carbons (Fsp3) is 0.200. The molecule has 0 bridgehead atoms. The highest BCUT2D eigenvalue weighted by molar-refractivity contribution is 6.42. The van der Waals surface area contributed by atoms with Crippen LogP contribution < -0.4 is 4.90 Å². The lowest BCUT2D eigenvalue weighted by Crippen LogP contribution is -2.53. The van der Waals surface area contributed by atoms with Crippen molar-refractivity contribution in [3.63, 3.8) is 0 Å². The van der Waals surface area contributed by atoms with Gasteiger partial charge in [0.25, 0.3) is 5.91 Å².